The minimum absolute atomic E-state index is 0.164. The van der Waals surface area contributed by atoms with Crippen molar-refractivity contribution >= 4 is 5.97 Å². The number of carbonyl (C=O) groups excluding carboxylic acids is 1. The molecular formula is C13H25NO3. The fourth-order valence-corrected chi connectivity index (χ4v) is 2.37. The van der Waals surface area contributed by atoms with Gasteiger partial charge in [0.25, 0.3) is 0 Å². The second-order valence-electron chi connectivity index (χ2n) is 4.75. The maximum absolute atomic E-state index is 12.0. The second-order valence-corrected chi connectivity index (χ2v) is 4.75. The quantitative estimate of drug-likeness (QED) is 0.723. The third-order valence-electron chi connectivity index (χ3n) is 3.67. The van der Waals surface area contributed by atoms with E-state index in [9.17, 15) is 4.79 Å². The summed E-state index contributed by atoms with van der Waals surface area (Å²) in [5.41, 5.74) is 5.25. The van der Waals surface area contributed by atoms with Gasteiger partial charge in [-0.25, -0.2) is 0 Å². The number of ether oxygens (including phenoxy) is 2. The smallest absolute Gasteiger partial charge is 0.313 e. The molecular weight excluding hydrogens is 218 g/mol. The van der Waals surface area contributed by atoms with Gasteiger partial charge in [-0.1, -0.05) is 6.92 Å². The highest BCUT2D eigenvalue weighted by molar-refractivity contribution is 5.77. The van der Waals surface area contributed by atoms with Gasteiger partial charge in [0.05, 0.1) is 18.1 Å². The van der Waals surface area contributed by atoms with E-state index in [-0.39, 0.29) is 12.1 Å². The van der Waals surface area contributed by atoms with Gasteiger partial charge in [-0.15, -0.1) is 0 Å². The highest BCUT2D eigenvalue weighted by Gasteiger charge is 2.39. The first-order valence-electron chi connectivity index (χ1n) is 6.67. The SMILES string of the molecule is CCOC(=O)C(CC)(CN)CC1CCCCO1. The Kier molecular flexibility index (Phi) is 5.92. The van der Waals surface area contributed by atoms with Crippen LogP contribution in [0.15, 0.2) is 0 Å². The van der Waals surface area contributed by atoms with E-state index in [4.69, 9.17) is 15.2 Å². The maximum Gasteiger partial charge on any atom is 0.313 e. The van der Waals surface area contributed by atoms with Crippen molar-refractivity contribution in [1.29, 1.82) is 0 Å². The van der Waals surface area contributed by atoms with Gasteiger partial charge in [0, 0.05) is 13.2 Å². The van der Waals surface area contributed by atoms with Crippen molar-refractivity contribution in [3.8, 4) is 0 Å². The number of carbonyl (C=O) groups is 1. The Morgan fingerprint density at radius 3 is 2.71 bits per heavy atom. The first-order valence-corrected chi connectivity index (χ1v) is 6.67. The summed E-state index contributed by atoms with van der Waals surface area (Å²) >= 11 is 0. The van der Waals surface area contributed by atoms with E-state index in [0.29, 0.717) is 26.0 Å². The summed E-state index contributed by atoms with van der Waals surface area (Å²) in [7, 11) is 0. The molecule has 2 N–H and O–H groups in total. The number of nitrogens with two attached hydrogens (primary N) is 1. The summed E-state index contributed by atoms with van der Waals surface area (Å²) in [5.74, 6) is -0.167. The van der Waals surface area contributed by atoms with Gasteiger partial charge < -0.3 is 15.2 Å². The van der Waals surface area contributed by atoms with Crippen LogP contribution in [0.1, 0.15) is 46.0 Å². The molecule has 4 nitrogen and oxygen atoms in total. The molecule has 0 aromatic heterocycles. The van der Waals surface area contributed by atoms with Gasteiger partial charge in [-0.3, -0.25) is 4.79 Å². The molecule has 0 spiro atoms. The molecule has 2 unspecified atom stereocenters. The average Bonchev–Trinajstić information content (AvgIpc) is 2.37. The zero-order chi connectivity index (χ0) is 12.7. The maximum atomic E-state index is 12.0. The van der Waals surface area contributed by atoms with Gasteiger partial charge in [-0.2, -0.15) is 0 Å². The predicted molar refractivity (Wildman–Crippen MR) is 66.6 cm³/mol. The Labute approximate surface area is 104 Å². The van der Waals surface area contributed by atoms with Crippen molar-refractivity contribution in [3.63, 3.8) is 0 Å². The number of esters is 1. The standard InChI is InChI=1S/C13H25NO3/c1-3-13(10-14,12(15)16-4-2)9-11-7-5-6-8-17-11/h11H,3-10,14H2,1-2H3. The number of rotatable bonds is 6. The van der Waals surface area contributed by atoms with Crippen LogP contribution in [-0.2, 0) is 14.3 Å². The normalized spacial score (nSPS) is 24.1. The van der Waals surface area contributed by atoms with Crippen LogP contribution >= 0.6 is 0 Å². The molecule has 0 aliphatic carbocycles. The summed E-state index contributed by atoms with van der Waals surface area (Å²) < 4.78 is 10.9. The molecule has 1 aliphatic rings. The van der Waals surface area contributed by atoms with E-state index in [2.05, 4.69) is 0 Å². The largest absolute Gasteiger partial charge is 0.466 e. The topological polar surface area (TPSA) is 61.5 Å². The highest BCUT2D eigenvalue weighted by atomic mass is 16.5. The van der Waals surface area contributed by atoms with Crippen LogP contribution < -0.4 is 5.73 Å². The minimum Gasteiger partial charge on any atom is -0.466 e. The first kappa shape index (κ1) is 14.5. The van der Waals surface area contributed by atoms with E-state index in [1.54, 1.807) is 0 Å². The summed E-state index contributed by atoms with van der Waals surface area (Å²) in [5, 5.41) is 0. The van der Waals surface area contributed by atoms with Gasteiger partial charge in [-0.05, 0) is 39.0 Å². The fraction of sp³-hybridized carbons (Fsp3) is 0.923. The van der Waals surface area contributed by atoms with Gasteiger partial charge in [0.15, 0.2) is 0 Å². The molecule has 0 bridgehead atoms. The number of hydrogen-bond donors (Lipinski definition) is 1. The van der Waals surface area contributed by atoms with E-state index < -0.39 is 5.41 Å². The van der Waals surface area contributed by atoms with E-state index in [1.165, 1.54) is 6.42 Å². The molecule has 1 saturated heterocycles. The lowest BCUT2D eigenvalue weighted by atomic mass is 9.78. The lowest BCUT2D eigenvalue weighted by molar-refractivity contribution is -0.158. The van der Waals surface area contributed by atoms with Crippen molar-refractivity contribution in [2.45, 2.75) is 52.1 Å². The summed E-state index contributed by atoms with van der Waals surface area (Å²) in [6.07, 6.45) is 4.90. The van der Waals surface area contributed by atoms with Crippen molar-refractivity contribution in [3.05, 3.63) is 0 Å². The minimum atomic E-state index is -0.558. The third kappa shape index (κ3) is 3.68. The number of hydrogen-bond acceptors (Lipinski definition) is 4. The van der Waals surface area contributed by atoms with Crippen molar-refractivity contribution in [2.24, 2.45) is 11.1 Å². The Morgan fingerprint density at radius 2 is 2.24 bits per heavy atom. The summed E-state index contributed by atoms with van der Waals surface area (Å²) in [6, 6.07) is 0. The lowest BCUT2D eigenvalue weighted by Crippen LogP contribution is -2.43. The molecule has 1 heterocycles. The van der Waals surface area contributed by atoms with Crippen LogP contribution in [0.5, 0.6) is 0 Å². The monoisotopic (exact) mass is 243 g/mol. The third-order valence-corrected chi connectivity index (χ3v) is 3.67. The fourth-order valence-electron chi connectivity index (χ4n) is 2.37. The molecule has 0 aromatic rings. The van der Waals surface area contributed by atoms with E-state index in [1.807, 2.05) is 13.8 Å². The molecule has 2 atom stereocenters. The molecule has 0 aromatic carbocycles. The average molecular weight is 243 g/mol. The van der Waals surface area contributed by atoms with Gasteiger partial charge in [0.2, 0.25) is 0 Å². The molecule has 4 heteroatoms. The summed E-state index contributed by atoms with van der Waals surface area (Å²) in [6.45, 7) is 5.37. The van der Waals surface area contributed by atoms with Crippen LogP contribution in [0.4, 0.5) is 0 Å². The zero-order valence-corrected chi connectivity index (χ0v) is 11.0. The zero-order valence-electron chi connectivity index (χ0n) is 11.0. The van der Waals surface area contributed by atoms with Crippen LogP contribution in [0.2, 0.25) is 0 Å². The Morgan fingerprint density at radius 1 is 1.47 bits per heavy atom. The van der Waals surface area contributed by atoms with Crippen molar-refractivity contribution in [2.75, 3.05) is 19.8 Å². The molecule has 0 radical (unpaired) electrons. The Bertz CT molecular complexity index is 233. The molecule has 1 rings (SSSR count). The second kappa shape index (κ2) is 6.97. The van der Waals surface area contributed by atoms with Crippen LogP contribution in [-0.4, -0.2) is 31.8 Å². The molecule has 1 aliphatic heterocycles. The Balaban J connectivity index is 2.65. The molecule has 0 amide bonds. The summed E-state index contributed by atoms with van der Waals surface area (Å²) in [4.78, 5) is 12.0. The van der Waals surface area contributed by atoms with Gasteiger partial charge >= 0.3 is 5.97 Å². The van der Waals surface area contributed by atoms with Crippen LogP contribution in [0.3, 0.4) is 0 Å². The first-order chi connectivity index (χ1) is 8.18. The predicted octanol–water partition coefficient (Wildman–Crippen LogP) is 1.86. The van der Waals surface area contributed by atoms with Crippen molar-refractivity contribution < 1.29 is 14.3 Å². The molecule has 17 heavy (non-hydrogen) atoms. The molecule has 100 valence electrons. The molecule has 0 saturated carbocycles. The van der Waals surface area contributed by atoms with Crippen molar-refractivity contribution in [1.82, 2.24) is 0 Å². The Hall–Kier alpha value is -0.610. The lowest BCUT2D eigenvalue weighted by Gasteiger charge is -2.34. The molecule has 1 fully saturated rings. The highest BCUT2D eigenvalue weighted by Crippen LogP contribution is 2.32. The van der Waals surface area contributed by atoms with E-state index >= 15 is 0 Å². The van der Waals surface area contributed by atoms with E-state index in [0.717, 1.165) is 19.4 Å². The van der Waals surface area contributed by atoms with Crippen LogP contribution in [0.25, 0.3) is 0 Å². The van der Waals surface area contributed by atoms with Gasteiger partial charge in [0.1, 0.15) is 0 Å². The van der Waals surface area contributed by atoms with Crippen LogP contribution in [0, 0.1) is 5.41 Å².